The maximum atomic E-state index is 13.6. The van der Waals surface area contributed by atoms with Gasteiger partial charge in [-0.2, -0.15) is 22.0 Å². The number of carbonyl (C=O) groups is 2. The lowest BCUT2D eigenvalue weighted by Gasteiger charge is -2.31. The first kappa shape index (κ1) is 32.0. The number of aromatic nitrogens is 2. The molecular formula is C24H21BrClF5N3O4PS2. The Hall–Kier alpha value is -1.93. The molecule has 1 N–H and O–H groups in total. The second-order valence-corrected chi connectivity index (χ2v) is 13.6. The number of aliphatic carboxylic acids is 1. The highest BCUT2D eigenvalue weighted by Gasteiger charge is 2.40. The number of likely N-dealkylation sites (tertiary alicyclic amines) is 1. The smallest absolute Gasteiger partial charge is 0.421 e. The second-order valence-electron chi connectivity index (χ2n) is 9.18. The minimum absolute atomic E-state index is 0.0610. The van der Waals surface area contributed by atoms with E-state index in [1.54, 1.807) is 11.8 Å². The average molecular weight is 721 g/mol. The molecule has 222 valence electrons. The molecule has 1 saturated heterocycles. The van der Waals surface area contributed by atoms with Crippen molar-refractivity contribution in [1.82, 2.24) is 14.9 Å². The number of rotatable bonds is 8. The van der Waals surface area contributed by atoms with Gasteiger partial charge in [-0.15, -0.1) is 22.7 Å². The Morgan fingerprint density at radius 1 is 1.17 bits per heavy atom. The SMILES string of the molecule is Cc1sc(CC(=O)N2CCC(c3nc(-c4cc(Br)c(C(F)(F)F)c(OC(F)(F)P)c4)c(Cl)s3)CC2)nc1CC(=O)O. The third-order valence-electron chi connectivity index (χ3n) is 6.21. The van der Waals surface area contributed by atoms with Gasteiger partial charge in [0.1, 0.15) is 26.4 Å². The van der Waals surface area contributed by atoms with Crippen LogP contribution >= 0.6 is 59.4 Å². The molecule has 17 heteroatoms. The second kappa shape index (κ2) is 12.4. The molecule has 0 spiro atoms. The predicted octanol–water partition coefficient (Wildman–Crippen LogP) is 7.39. The summed E-state index contributed by atoms with van der Waals surface area (Å²) in [4.78, 5) is 35.1. The number of piperidine rings is 1. The molecule has 3 aromatic rings. The van der Waals surface area contributed by atoms with Crippen LogP contribution in [0.2, 0.25) is 4.34 Å². The number of hydrogen-bond donors (Lipinski definition) is 1. The monoisotopic (exact) mass is 719 g/mol. The van der Waals surface area contributed by atoms with E-state index >= 15 is 0 Å². The Bertz CT molecular complexity index is 1470. The maximum absolute atomic E-state index is 13.6. The number of amides is 1. The summed E-state index contributed by atoms with van der Waals surface area (Å²) in [5, 5.41) is 10.2. The van der Waals surface area contributed by atoms with Crippen LogP contribution in [0.15, 0.2) is 16.6 Å². The van der Waals surface area contributed by atoms with E-state index in [4.69, 9.17) is 16.7 Å². The van der Waals surface area contributed by atoms with Gasteiger partial charge in [0, 0.05) is 33.9 Å². The van der Waals surface area contributed by atoms with Crippen LogP contribution in [0.4, 0.5) is 22.0 Å². The number of alkyl halides is 5. The number of nitrogens with zero attached hydrogens (tertiary/aromatic N) is 3. The van der Waals surface area contributed by atoms with Crippen molar-refractivity contribution in [2.45, 2.75) is 50.6 Å². The molecular weight excluding hydrogens is 700 g/mol. The largest absolute Gasteiger partial charge is 0.481 e. The topological polar surface area (TPSA) is 92.6 Å². The molecule has 1 aliphatic rings. The van der Waals surface area contributed by atoms with Crippen LogP contribution < -0.4 is 4.74 Å². The first-order valence-corrected chi connectivity index (χ1v) is 15.3. The van der Waals surface area contributed by atoms with Gasteiger partial charge in [-0.3, -0.25) is 9.59 Å². The number of carboxylic acids is 1. The maximum Gasteiger partial charge on any atom is 0.421 e. The van der Waals surface area contributed by atoms with Crippen molar-refractivity contribution >= 4 is 71.3 Å². The molecule has 4 rings (SSSR count). The summed E-state index contributed by atoms with van der Waals surface area (Å²) in [7, 11) is 1.04. The summed E-state index contributed by atoms with van der Waals surface area (Å²) in [5.41, 5.74) is -0.748. The van der Waals surface area contributed by atoms with Crippen LogP contribution in [0.1, 0.15) is 44.9 Å². The van der Waals surface area contributed by atoms with E-state index in [1.807, 2.05) is 0 Å². The van der Waals surface area contributed by atoms with Gasteiger partial charge in [0.25, 0.3) is 0 Å². The zero-order valence-electron chi connectivity index (χ0n) is 21.0. The van der Waals surface area contributed by atoms with Crippen molar-refractivity contribution in [1.29, 1.82) is 0 Å². The molecule has 2 aromatic heterocycles. The van der Waals surface area contributed by atoms with Crippen LogP contribution in [-0.4, -0.2) is 50.8 Å². The molecule has 1 atom stereocenters. The standard InChI is InChI=1S/C24H21BrClF5N3O4PS2/c1-10-14(8-18(36)37)32-16(40-10)9-17(35)34-4-2-11(3-5-34)22-33-20(21(26)41-22)12-6-13(25)19(23(27,28)29)15(7-12)38-24(30,31)39/h6-7,11H,2-5,8-9,39H2,1H3,(H,36,37). The fourth-order valence-electron chi connectivity index (χ4n) is 4.38. The van der Waals surface area contributed by atoms with E-state index in [0.29, 0.717) is 41.6 Å². The summed E-state index contributed by atoms with van der Waals surface area (Å²) < 4.78 is 71.7. The van der Waals surface area contributed by atoms with Gasteiger partial charge >= 0.3 is 18.0 Å². The third kappa shape index (κ3) is 7.92. The number of carbonyl (C=O) groups excluding carboxylic acids is 1. The predicted molar refractivity (Wildman–Crippen MR) is 151 cm³/mol. The molecule has 1 amide bonds. The van der Waals surface area contributed by atoms with E-state index in [1.165, 1.54) is 11.3 Å². The van der Waals surface area contributed by atoms with Gasteiger partial charge in [-0.25, -0.2) is 9.97 Å². The zero-order chi connectivity index (χ0) is 30.3. The minimum atomic E-state index is -4.97. The average Bonchev–Trinajstić information content (AvgIpc) is 3.38. The van der Waals surface area contributed by atoms with Gasteiger partial charge in [0.2, 0.25) is 5.91 Å². The molecule has 3 heterocycles. The molecule has 0 saturated carbocycles. The van der Waals surface area contributed by atoms with Crippen LogP contribution in [0.25, 0.3) is 11.3 Å². The normalized spacial score (nSPS) is 14.9. The number of carboxylic acid groups (broad SMARTS) is 1. The molecule has 1 unspecified atom stereocenters. The zero-order valence-corrected chi connectivity index (χ0v) is 26.2. The molecule has 0 bridgehead atoms. The van der Waals surface area contributed by atoms with Crippen molar-refractivity contribution in [3.05, 3.63) is 47.1 Å². The molecule has 7 nitrogen and oxygen atoms in total. The summed E-state index contributed by atoms with van der Waals surface area (Å²) in [6.45, 7) is 2.61. The molecule has 1 aromatic carbocycles. The number of benzene rings is 1. The highest BCUT2D eigenvalue weighted by molar-refractivity contribution is 9.10. The number of aryl methyl sites for hydroxylation is 1. The van der Waals surface area contributed by atoms with Crippen LogP contribution in [-0.2, 0) is 28.6 Å². The Labute approximate surface area is 254 Å². The first-order chi connectivity index (χ1) is 19.0. The summed E-state index contributed by atoms with van der Waals surface area (Å²) in [5.74, 6) is -6.23. The highest BCUT2D eigenvalue weighted by atomic mass is 79.9. The van der Waals surface area contributed by atoms with Gasteiger partial charge in [0.15, 0.2) is 0 Å². The minimum Gasteiger partial charge on any atom is -0.481 e. The lowest BCUT2D eigenvalue weighted by molar-refractivity contribution is -0.145. The molecule has 1 fully saturated rings. The fraction of sp³-hybridized carbons (Fsp3) is 0.417. The fourth-order valence-corrected chi connectivity index (χ4v) is 7.48. The summed E-state index contributed by atoms with van der Waals surface area (Å²) >= 11 is 11.6. The quantitative estimate of drug-likeness (QED) is 0.193. The van der Waals surface area contributed by atoms with E-state index in [0.717, 1.165) is 37.6 Å². The number of thiazole rings is 2. The molecule has 0 aliphatic carbocycles. The van der Waals surface area contributed by atoms with E-state index in [2.05, 4.69) is 30.6 Å². The van der Waals surface area contributed by atoms with Gasteiger partial charge < -0.3 is 14.7 Å². The Kier molecular flexibility index (Phi) is 9.64. The Morgan fingerprint density at radius 3 is 2.41 bits per heavy atom. The van der Waals surface area contributed by atoms with Gasteiger partial charge in [-0.05, 0) is 41.1 Å². The summed E-state index contributed by atoms with van der Waals surface area (Å²) in [6, 6.07) is 1.94. The molecule has 41 heavy (non-hydrogen) atoms. The lowest BCUT2D eigenvalue weighted by Crippen LogP contribution is -2.38. The van der Waals surface area contributed by atoms with Gasteiger partial charge in [0.05, 0.1) is 23.5 Å². The van der Waals surface area contributed by atoms with Crippen molar-refractivity contribution in [3.63, 3.8) is 0 Å². The van der Waals surface area contributed by atoms with Crippen molar-refractivity contribution in [2.75, 3.05) is 13.1 Å². The van der Waals surface area contributed by atoms with E-state index in [-0.39, 0.29) is 40.3 Å². The Morgan fingerprint density at radius 2 is 1.83 bits per heavy atom. The van der Waals surface area contributed by atoms with Crippen LogP contribution in [0.5, 0.6) is 5.75 Å². The summed E-state index contributed by atoms with van der Waals surface area (Å²) in [6.07, 6.45) is -4.00. The van der Waals surface area contributed by atoms with E-state index in [9.17, 15) is 31.5 Å². The van der Waals surface area contributed by atoms with Crippen molar-refractivity contribution < 1.29 is 41.4 Å². The van der Waals surface area contributed by atoms with Crippen LogP contribution in [0.3, 0.4) is 0 Å². The first-order valence-electron chi connectivity index (χ1n) is 11.9. The van der Waals surface area contributed by atoms with Crippen molar-refractivity contribution in [2.24, 2.45) is 0 Å². The number of hydrogen-bond acceptors (Lipinski definition) is 7. The van der Waals surface area contributed by atoms with Gasteiger partial charge in [-0.1, -0.05) is 27.5 Å². The highest BCUT2D eigenvalue weighted by Crippen LogP contribution is 2.47. The molecule has 1 aliphatic heterocycles. The Balaban J connectivity index is 1.47. The number of halogens is 7. The lowest BCUT2D eigenvalue weighted by atomic mass is 9.97. The number of ether oxygens (including phenoxy) is 1. The van der Waals surface area contributed by atoms with Crippen LogP contribution in [0, 0.1) is 6.92 Å². The van der Waals surface area contributed by atoms with E-state index < -0.39 is 33.8 Å². The third-order valence-corrected chi connectivity index (χ3v) is 9.39. The van der Waals surface area contributed by atoms with Crippen molar-refractivity contribution in [3.8, 4) is 17.0 Å². The molecule has 0 radical (unpaired) electrons.